The highest BCUT2D eigenvalue weighted by Crippen LogP contribution is 2.28. The highest BCUT2D eigenvalue weighted by molar-refractivity contribution is 6.31. The smallest absolute Gasteiger partial charge is 0.254 e. The van der Waals surface area contributed by atoms with E-state index in [1.54, 1.807) is 49.5 Å². The van der Waals surface area contributed by atoms with Crippen molar-refractivity contribution in [3.8, 4) is 17.2 Å². The summed E-state index contributed by atoms with van der Waals surface area (Å²) in [6.45, 7) is 0.0402. The van der Waals surface area contributed by atoms with E-state index in [0.717, 1.165) is 0 Å². The molecule has 0 atom stereocenters. The summed E-state index contributed by atoms with van der Waals surface area (Å²) in [5, 5.41) is 9.65. The van der Waals surface area contributed by atoms with Gasteiger partial charge in [-0.2, -0.15) is 5.26 Å². The first-order valence-corrected chi connectivity index (χ1v) is 8.67. The van der Waals surface area contributed by atoms with E-state index >= 15 is 0 Å². The molecule has 0 bridgehead atoms. The molecule has 134 valence electrons. The number of nitrogens with zero attached hydrogens (tertiary/aromatic N) is 2. The van der Waals surface area contributed by atoms with Gasteiger partial charge in [-0.1, -0.05) is 54.1 Å². The Balaban J connectivity index is 1.98. The Bertz CT molecular complexity index is 1020. The van der Waals surface area contributed by atoms with Crippen LogP contribution in [0.1, 0.15) is 21.5 Å². The number of amides is 1. The fourth-order valence-electron chi connectivity index (χ4n) is 2.92. The van der Waals surface area contributed by atoms with Crippen molar-refractivity contribution < 1.29 is 9.18 Å². The van der Waals surface area contributed by atoms with E-state index in [9.17, 15) is 14.4 Å². The molecular weight excluding hydrogens is 363 g/mol. The average Bonchev–Trinajstić information content (AvgIpc) is 2.70. The fourth-order valence-corrected chi connectivity index (χ4v) is 3.14. The van der Waals surface area contributed by atoms with Gasteiger partial charge in [-0.05, 0) is 29.8 Å². The van der Waals surface area contributed by atoms with E-state index in [4.69, 9.17) is 11.6 Å². The summed E-state index contributed by atoms with van der Waals surface area (Å²) < 4.78 is 14.1. The summed E-state index contributed by atoms with van der Waals surface area (Å²) in [5.41, 5.74) is 2.53. The molecule has 0 aliphatic carbocycles. The third-order valence-corrected chi connectivity index (χ3v) is 4.65. The predicted molar refractivity (Wildman–Crippen MR) is 104 cm³/mol. The Morgan fingerprint density at radius 2 is 1.70 bits per heavy atom. The van der Waals surface area contributed by atoms with Crippen molar-refractivity contribution in [3.05, 3.63) is 94.3 Å². The summed E-state index contributed by atoms with van der Waals surface area (Å²) in [5.74, 6) is -0.733. The zero-order valence-corrected chi connectivity index (χ0v) is 15.4. The number of nitriles is 1. The molecule has 0 aliphatic rings. The van der Waals surface area contributed by atoms with Crippen LogP contribution >= 0.6 is 11.6 Å². The molecule has 0 radical (unpaired) electrons. The second kappa shape index (κ2) is 8.03. The lowest BCUT2D eigenvalue weighted by Gasteiger charge is -2.20. The number of benzene rings is 3. The Labute approximate surface area is 162 Å². The lowest BCUT2D eigenvalue weighted by Crippen LogP contribution is -2.27. The Morgan fingerprint density at radius 1 is 1.04 bits per heavy atom. The minimum absolute atomic E-state index is 0.0402. The fraction of sp³-hybridized carbons (Fsp3) is 0.0909. The second-order valence-corrected chi connectivity index (χ2v) is 6.47. The quantitative estimate of drug-likeness (QED) is 0.619. The number of hydrogen-bond acceptors (Lipinski definition) is 2. The first kappa shape index (κ1) is 18.6. The molecule has 3 rings (SSSR count). The SMILES string of the molecule is CN(Cc1c(F)cccc1Cl)C(=O)c1ccccc1-c1ccccc1C#N. The maximum atomic E-state index is 14.1. The van der Waals surface area contributed by atoms with E-state index in [2.05, 4.69) is 6.07 Å². The van der Waals surface area contributed by atoms with Gasteiger partial charge in [0.15, 0.2) is 0 Å². The van der Waals surface area contributed by atoms with Crippen molar-refractivity contribution in [2.24, 2.45) is 0 Å². The van der Waals surface area contributed by atoms with Crippen LogP contribution in [0, 0.1) is 17.1 Å². The van der Waals surface area contributed by atoms with Crippen molar-refractivity contribution in [2.45, 2.75) is 6.54 Å². The van der Waals surface area contributed by atoms with Crippen molar-refractivity contribution in [3.63, 3.8) is 0 Å². The van der Waals surface area contributed by atoms with E-state index in [1.807, 2.05) is 12.1 Å². The van der Waals surface area contributed by atoms with Crippen molar-refractivity contribution in [2.75, 3.05) is 7.05 Å². The summed E-state index contributed by atoms with van der Waals surface area (Å²) in [6.07, 6.45) is 0. The highest BCUT2D eigenvalue weighted by Gasteiger charge is 2.20. The van der Waals surface area contributed by atoms with Crippen LogP contribution < -0.4 is 0 Å². The molecule has 0 N–H and O–H groups in total. The molecule has 0 heterocycles. The van der Waals surface area contributed by atoms with E-state index in [-0.39, 0.29) is 23.0 Å². The zero-order chi connectivity index (χ0) is 19.4. The summed E-state index contributed by atoms with van der Waals surface area (Å²) in [7, 11) is 1.60. The maximum Gasteiger partial charge on any atom is 0.254 e. The van der Waals surface area contributed by atoms with Crippen LogP contribution in [0.25, 0.3) is 11.1 Å². The molecule has 1 amide bonds. The van der Waals surface area contributed by atoms with Gasteiger partial charge in [-0.3, -0.25) is 4.79 Å². The Morgan fingerprint density at radius 3 is 2.41 bits per heavy atom. The summed E-state index contributed by atoms with van der Waals surface area (Å²) >= 11 is 6.08. The number of carbonyl (C=O) groups is 1. The van der Waals surface area contributed by atoms with Crippen LogP contribution in [0.4, 0.5) is 4.39 Å². The molecule has 3 aromatic rings. The molecule has 0 aliphatic heterocycles. The normalized spacial score (nSPS) is 10.3. The van der Waals surface area contributed by atoms with Crippen LogP contribution in [-0.4, -0.2) is 17.9 Å². The topological polar surface area (TPSA) is 44.1 Å². The standard InChI is InChI=1S/C22H16ClFN2O/c1-26(14-19-20(23)11-6-12-21(19)24)22(27)18-10-5-4-9-17(18)16-8-3-2-7-15(16)13-25/h2-12H,14H2,1H3. The molecule has 0 spiro atoms. The molecule has 3 nitrogen and oxygen atoms in total. The Hall–Kier alpha value is -3.16. The molecule has 5 heteroatoms. The second-order valence-electron chi connectivity index (χ2n) is 6.06. The number of halogens is 2. The van der Waals surface area contributed by atoms with Gasteiger partial charge in [-0.25, -0.2) is 4.39 Å². The predicted octanol–water partition coefficient (Wildman–Crippen LogP) is 5.29. The minimum atomic E-state index is -0.453. The number of carbonyl (C=O) groups excluding carboxylic acids is 1. The first-order valence-electron chi connectivity index (χ1n) is 8.30. The van der Waals surface area contributed by atoms with E-state index in [0.29, 0.717) is 22.3 Å². The third kappa shape index (κ3) is 3.84. The highest BCUT2D eigenvalue weighted by atomic mass is 35.5. The van der Waals surface area contributed by atoms with Gasteiger partial charge in [0.05, 0.1) is 11.6 Å². The first-order chi connectivity index (χ1) is 13.0. The largest absolute Gasteiger partial charge is 0.337 e. The lowest BCUT2D eigenvalue weighted by atomic mass is 9.95. The van der Waals surface area contributed by atoms with Crippen molar-refractivity contribution in [1.82, 2.24) is 4.90 Å². The van der Waals surface area contributed by atoms with Gasteiger partial charge in [0.2, 0.25) is 0 Å². The molecule has 27 heavy (non-hydrogen) atoms. The van der Waals surface area contributed by atoms with Gasteiger partial charge in [0.1, 0.15) is 5.82 Å². The van der Waals surface area contributed by atoms with Crippen LogP contribution in [0.2, 0.25) is 5.02 Å². The number of rotatable bonds is 4. The molecule has 3 aromatic carbocycles. The summed E-state index contributed by atoms with van der Waals surface area (Å²) in [4.78, 5) is 14.5. The maximum absolute atomic E-state index is 14.1. The molecule has 0 saturated carbocycles. The van der Waals surface area contributed by atoms with Crippen LogP contribution in [0.15, 0.2) is 66.7 Å². The molecule has 0 aromatic heterocycles. The lowest BCUT2D eigenvalue weighted by molar-refractivity contribution is 0.0784. The van der Waals surface area contributed by atoms with Gasteiger partial charge in [-0.15, -0.1) is 0 Å². The van der Waals surface area contributed by atoms with Gasteiger partial charge >= 0.3 is 0 Å². The van der Waals surface area contributed by atoms with Crippen molar-refractivity contribution >= 4 is 17.5 Å². The van der Waals surface area contributed by atoms with Gasteiger partial charge in [0, 0.05) is 35.3 Å². The molecule has 0 saturated heterocycles. The van der Waals surface area contributed by atoms with E-state index < -0.39 is 5.82 Å². The average molecular weight is 379 g/mol. The van der Waals surface area contributed by atoms with Crippen molar-refractivity contribution in [1.29, 1.82) is 5.26 Å². The molecule has 0 unspecified atom stereocenters. The van der Waals surface area contributed by atoms with Gasteiger partial charge in [0.25, 0.3) is 5.91 Å². The third-order valence-electron chi connectivity index (χ3n) is 4.30. The molecule has 0 fully saturated rings. The van der Waals surface area contributed by atoms with Gasteiger partial charge < -0.3 is 4.90 Å². The monoisotopic (exact) mass is 378 g/mol. The number of hydrogen-bond donors (Lipinski definition) is 0. The Kier molecular flexibility index (Phi) is 5.54. The summed E-state index contributed by atoms with van der Waals surface area (Å²) in [6, 6.07) is 20.8. The van der Waals surface area contributed by atoms with E-state index in [1.165, 1.54) is 17.0 Å². The molecular formula is C22H16ClFN2O. The van der Waals surface area contributed by atoms with Crippen LogP contribution in [-0.2, 0) is 6.54 Å². The van der Waals surface area contributed by atoms with Crippen LogP contribution in [0.3, 0.4) is 0 Å². The zero-order valence-electron chi connectivity index (χ0n) is 14.6. The van der Waals surface area contributed by atoms with Crippen LogP contribution in [0.5, 0.6) is 0 Å². The minimum Gasteiger partial charge on any atom is -0.337 e.